The van der Waals surface area contributed by atoms with E-state index in [2.05, 4.69) is 0 Å². The number of carboxylic acid groups (broad SMARTS) is 1. The van der Waals surface area contributed by atoms with E-state index in [1.54, 1.807) is 6.92 Å². The van der Waals surface area contributed by atoms with Gasteiger partial charge in [0.25, 0.3) is 0 Å². The van der Waals surface area contributed by atoms with Crippen LogP contribution in [-0.4, -0.2) is 19.4 Å². The molecule has 0 spiro atoms. The van der Waals surface area contributed by atoms with Gasteiger partial charge in [-0.2, -0.15) is 0 Å². The van der Waals surface area contributed by atoms with Gasteiger partial charge in [-0.15, -0.1) is 0 Å². The quantitative estimate of drug-likeness (QED) is 0.517. The molecule has 5 heteroatoms. The summed E-state index contributed by atoms with van der Waals surface area (Å²) in [6, 6.07) is -0.418. The Hall–Kier alpha value is -0.453. The van der Waals surface area contributed by atoms with E-state index in [-0.39, 0.29) is 0 Å². The molecule has 0 aliphatic carbocycles. The molecule has 0 saturated heterocycles. The topological polar surface area (TPSA) is 37.3 Å². The molecule has 0 aliphatic rings. The average Bonchev–Trinajstić information content (AvgIpc) is 1.84. The third-order valence-corrected chi connectivity index (χ3v) is 2.76. The third-order valence-electron chi connectivity index (χ3n) is 1.16. The summed E-state index contributed by atoms with van der Waals surface area (Å²) in [6.45, 7) is 1.76. The van der Waals surface area contributed by atoms with Crippen molar-refractivity contribution in [1.29, 1.82) is 0 Å². The molecule has 0 aromatic carbocycles. The van der Waals surface area contributed by atoms with Gasteiger partial charge in [0.05, 0.1) is 0 Å². The summed E-state index contributed by atoms with van der Waals surface area (Å²) in [7, 11) is -4.88. The van der Waals surface area contributed by atoms with E-state index < -0.39 is 20.4 Å². The van der Waals surface area contributed by atoms with Gasteiger partial charge in [0, 0.05) is 6.04 Å². The molecule has 0 unspecified atom stereocenters. The Balaban J connectivity index is 3.75. The van der Waals surface area contributed by atoms with Gasteiger partial charge in [-0.05, 0) is 0 Å². The van der Waals surface area contributed by atoms with Crippen LogP contribution in [0.3, 0.4) is 0 Å². The number of halogens is 2. The molecule has 0 atom stereocenters. The Labute approximate surface area is 59.2 Å². The third kappa shape index (κ3) is 2.91. The second kappa shape index (κ2) is 3.65. The Kier molecular flexibility index (Phi) is 3.49. The molecule has 0 aromatic rings. The van der Waals surface area contributed by atoms with Crippen molar-refractivity contribution in [2.24, 2.45) is 0 Å². The Bertz CT molecular complexity index is 127. The van der Waals surface area contributed by atoms with Crippen LogP contribution in [0.2, 0.25) is 6.04 Å². The zero-order valence-corrected chi connectivity index (χ0v) is 6.73. The molecule has 0 saturated carbocycles. The van der Waals surface area contributed by atoms with E-state index in [4.69, 9.17) is 5.11 Å². The molecular weight excluding hydrogens is 158 g/mol. The highest BCUT2D eigenvalue weighted by atomic mass is 28.4. The normalized spacial score (nSPS) is 11.5. The lowest BCUT2D eigenvalue weighted by atomic mass is 10.4. The van der Waals surface area contributed by atoms with Crippen molar-refractivity contribution >= 4 is 14.3 Å². The second-order valence-corrected chi connectivity index (χ2v) is 4.45. The van der Waals surface area contributed by atoms with Gasteiger partial charge in [0.2, 0.25) is 0 Å². The van der Waals surface area contributed by atoms with Gasteiger partial charge in [-0.25, -0.2) is 0 Å². The number of rotatable bonds is 4. The van der Waals surface area contributed by atoms with Crippen molar-refractivity contribution < 1.29 is 18.1 Å². The van der Waals surface area contributed by atoms with Crippen LogP contribution in [0.1, 0.15) is 19.8 Å². The highest BCUT2D eigenvalue weighted by Crippen LogP contribution is 2.17. The van der Waals surface area contributed by atoms with Crippen LogP contribution in [0.4, 0.5) is 13.0 Å². The zero-order valence-electron chi connectivity index (χ0n) is 5.73. The minimum Gasteiger partial charge on any atom is -0.481 e. The summed E-state index contributed by atoms with van der Waals surface area (Å²) in [6.07, 6.45) is 0.932. The monoisotopic (exact) mass is 168 g/mol. The van der Waals surface area contributed by atoms with Crippen molar-refractivity contribution in [3.63, 3.8) is 0 Å². The maximum Gasteiger partial charge on any atom is 0.536 e. The van der Waals surface area contributed by atoms with Crippen LogP contribution in [-0.2, 0) is 0 Å². The van der Waals surface area contributed by atoms with E-state index in [0.717, 1.165) is 0 Å². The second-order valence-electron chi connectivity index (χ2n) is 2.11. The minimum atomic E-state index is -4.88. The van der Waals surface area contributed by atoms with Gasteiger partial charge in [-0.3, -0.25) is 13.0 Å². The maximum absolute atomic E-state index is 12.3. The first-order valence-electron chi connectivity index (χ1n) is 3.12. The first-order chi connectivity index (χ1) is 4.50. The zero-order chi connectivity index (χ0) is 8.20. The maximum atomic E-state index is 12.3. The molecule has 1 N–H and O–H groups in total. The lowest BCUT2D eigenvalue weighted by Gasteiger charge is -2.04. The summed E-state index contributed by atoms with van der Waals surface area (Å²) in [5.41, 5.74) is -1.89. The van der Waals surface area contributed by atoms with E-state index in [9.17, 15) is 13.0 Å². The van der Waals surface area contributed by atoms with Crippen molar-refractivity contribution in [2.75, 3.05) is 0 Å². The van der Waals surface area contributed by atoms with E-state index in [1.807, 2.05) is 0 Å². The van der Waals surface area contributed by atoms with Gasteiger partial charge >= 0.3 is 14.3 Å². The summed E-state index contributed by atoms with van der Waals surface area (Å²) >= 11 is 0. The molecular formula is C5H10F2O2Si. The Morgan fingerprint density at radius 2 is 2.10 bits per heavy atom. The molecule has 10 heavy (non-hydrogen) atoms. The van der Waals surface area contributed by atoms with Crippen LogP contribution in [0.15, 0.2) is 0 Å². The predicted molar refractivity (Wildman–Crippen MR) is 35.7 cm³/mol. The smallest absolute Gasteiger partial charge is 0.481 e. The largest absolute Gasteiger partial charge is 0.536 e. The number of unbranched alkanes of at least 4 members (excludes halogenated alkanes) is 1. The van der Waals surface area contributed by atoms with Crippen LogP contribution in [0, 0.1) is 0 Å². The molecule has 0 amide bonds. The van der Waals surface area contributed by atoms with E-state index in [0.29, 0.717) is 12.8 Å². The van der Waals surface area contributed by atoms with Crippen molar-refractivity contribution in [1.82, 2.24) is 0 Å². The minimum absolute atomic E-state index is 0.311. The molecule has 60 valence electrons. The first kappa shape index (κ1) is 9.55. The van der Waals surface area contributed by atoms with Crippen molar-refractivity contribution in [2.45, 2.75) is 25.8 Å². The van der Waals surface area contributed by atoms with Gasteiger partial charge in [-0.1, -0.05) is 19.8 Å². The summed E-state index contributed by atoms with van der Waals surface area (Å²) in [5, 5.41) is 7.98. The van der Waals surface area contributed by atoms with Gasteiger partial charge in [0.1, 0.15) is 0 Å². The molecule has 0 fully saturated rings. The summed E-state index contributed by atoms with van der Waals surface area (Å²) in [5.74, 6) is 0. The molecule has 0 bridgehead atoms. The fourth-order valence-corrected chi connectivity index (χ4v) is 1.52. The SMILES string of the molecule is CCCC[Si](F)(F)C(=O)O. The van der Waals surface area contributed by atoms with Crippen molar-refractivity contribution in [3.05, 3.63) is 0 Å². The highest BCUT2D eigenvalue weighted by molar-refractivity contribution is 6.94. The van der Waals surface area contributed by atoms with Crippen molar-refractivity contribution in [3.8, 4) is 0 Å². The molecule has 0 aromatic heterocycles. The number of carbonyl (C=O) groups is 1. The molecule has 0 aliphatic heterocycles. The Morgan fingerprint density at radius 3 is 2.40 bits per heavy atom. The molecule has 0 rings (SSSR count). The van der Waals surface area contributed by atoms with Crippen LogP contribution >= 0.6 is 0 Å². The first-order valence-corrected chi connectivity index (χ1v) is 5.08. The number of hydrogen-bond acceptors (Lipinski definition) is 1. The lowest BCUT2D eigenvalue weighted by Crippen LogP contribution is -2.32. The molecule has 2 nitrogen and oxygen atoms in total. The molecule has 0 radical (unpaired) electrons. The standard InChI is InChI=1S/C5H10F2O2Si/c1-2-3-4-10(6,7)5(8)9/h2-4H2,1H3,(H,8,9). The van der Waals surface area contributed by atoms with Gasteiger partial charge in [0.15, 0.2) is 0 Å². The van der Waals surface area contributed by atoms with Crippen LogP contribution < -0.4 is 0 Å². The van der Waals surface area contributed by atoms with Crippen LogP contribution in [0.5, 0.6) is 0 Å². The number of hydrogen-bond donors (Lipinski definition) is 1. The van der Waals surface area contributed by atoms with E-state index in [1.165, 1.54) is 0 Å². The van der Waals surface area contributed by atoms with E-state index >= 15 is 0 Å². The average molecular weight is 168 g/mol. The predicted octanol–water partition coefficient (Wildman–Crippen LogP) is 2.43. The summed E-state index contributed by atoms with van der Waals surface area (Å²) in [4.78, 5) is 9.84. The fourth-order valence-electron chi connectivity index (χ4n) is 0.506. The van der Waals surface area contributed by atoms with Crippen LogP contribution in [0.25, 0.3) is 0 Å². The fraction of sp³-hybridized carbons (Fsp3) is 0.800. The summed E-state index contributed by atoms with van der Waals surface area (Å²) < 4.78 is 24.5. The molecule has 0 heterocycles. The van der Waals surface area contributed by atoms with Gasteiger partial charge < -0.3 is 5.11 Å². The lowest BCUT2D eigenvalue weighted by molar-refractivity contribution is 0.211. The highest BCUT2D eigenvalue weighted by Gasteiger charge is 2.44. The Morgan fingerprint density at radius 1 is 1.60 bits per heavy atom.